The molecule has 0 saturated carbocycles. The molecule has 1 aromatic carbocycles. The quantitative estimate of drug-likeness (QED) is 0.866. The van der Waals surface area contributed by atoms with Gasteiger partial charge in [-0.25, -0.2) is 0 Å². The Labute approximate surface area is 115 Å². The summed E-state index contributed by atoms with van der Waals surface area (Å²) in [4.78, 5) is 7.61. The number of likely N-dealkylation sites (N-methyl/N-ethyl adjacent to an activating group) is 1. The lowest BCUT2D eigenvalue weighted by Gasteiger charge is -2.33. The summed E-state index contributed by atoms with van der Waals surface area (Å²) in [5.41, 5.74) is 4.65. The summed E-state index contributed by atoms with van der Waals surface area (Å²) < 4.78 is 38.8. The van der Waals surface area contributed by atoms with E-state index in [1.807, 2.05) is 0 Å². The largest absolute Gasteiger partial charge is 0.420 e. The molecular weight excluding hydrogens is 271 g/mol. The molecule has 0 bridgehead atoms. The third-order valence-corrected chi connectivity index (χ3v) is 3.31. The fraction of sp³-hybridized carbons (Fsp3) is 0.538. The normalized spacial score (nSPS) is 18.2. The SMILES string of the molecule is CCN1CCN(Oc2ccc(N)cc2C(F)(F)F)CC1. The van der Waals surface area contributed by atoms with Gasteiger partial charge in [-0.2, -0.15) is 13.2 Å². The molecule has 0 unspecified atom stereocenters. The molecule has 0 radical (unpaired) electrons. The third-order valence-electron chi connectivity index (χ3n) is 3.31. The Morgan fingerprint density at radius 3 is 2.40 bits per heavy atom. The second-order valence-corrected chi connectivity index (χ2v) is 4.71. The maximum atomic E-state index is 12.9. The second kappa shape index (κ2) is 5.88. The van der Waals surface area contributed by atoms with E-state index in [4.69, 9.17) is 10.6 Å². The number of nitrogens with zero attached hydrogens (tertiary/aromatic N) is 2. The Morgan fingerprint density at radius 1 is 1.20 bits per heavy atom. The third kappa shape index (κ3) is 3.55. The summed E-state index contributed by atoms with van der Waals surface area (Å²) in [6, 6.07) is 3.58. The van der Waals surface area contributed by atoms with E-state index in [0.29, 0.717) is 13.1 Å². The van der Waals surface area contributed by atoms with E-state index in [1.54, 1.807) is 5.06 Å². The molecule has 1 saturated heterocycles. The lowest BCUT2D eigenvalue weighted by atomic mass is 10.1. The number of hydroxylamine groups is 2. The van der Waals surface area contributed by atoms with Crippen LogP contribution in [0.4, 0.5) is 18.9 Å². The van der Waals surface area contributed by atoms with Gasteiger partial charge in [0, 0.05) is 31.9 Å². The number of anilines is 1. The van der Waals surface area contributed by atoms with Crippen molar-refractivity contribution in [2.24, 2.45) is 0 Å². The van der Waals surface area contributed by atoms with Crippen LogP contribution in [-0.2, 0) is 6.18 Å². The summed E-state index contributed by atoms with van der Waals surface area (Å²) in [7, 11) is 0. The molecule has 2 rings (SSSR count). The number of benzene rings is 1. The van der Waals surface area contributed by atoms with Gasteiger partial charge >= 0.3 is 6.18 Å². The number of alkyl halides is 3. The highest BCUT2D eigenvalue weighted by Crippen LogP contribution is 2.37. The van der Waals surface area contributed by atoms with Crippen LogP contribution in [0, 0.1) is 0 Å². The van der Waals surface area contributed by atoms with Crippen LogP contribution in [0.15, 0.2) is 18.2 Å². The van der Waals surface area contributed by atoms with Gasteiger partial charge in [-0.1, -0.05) is 6.92 Å². The van der Waals surface area contributed by atoms with Gasteiger partial charge in [0.2, 0.25) is 0 Å². The Morgan fingerprint density at radius 2 is 1.85 bits per heavy atom. The van der Waals surface area contributed by atoms with Gasteiger partial charge in [-0.15, -0.1) is 5.06 Å². The van der Waals surface area contributed by atoms with Crippen molar-refractivity contribution in [2.75, 3.05) is 38.5 Å². The van der Waals surface area contributed by atoms with Gasteiger partial charge in [0.05, 0.1) is 0 Å². The average Bonchev–Trinajstić information content (AvgIpc) is 2.40. The summed E-state index contributed by atoms with van der Waals surface area (Å²) in [6.07, 6.45) is -4.48. The van der Waals surface area contributed by atoms with Crippen molar-refractivity contribution in [1.82, 2.24) is 9.96 Å². The smallest absolute Gasteiger partial charge is 0.405 e. The van der Waals surface area contributed by atoms with E-state index < -0.39 is 11.7 Å². The summed E-state index contributed by atoms with van der Waals surface area (Å²) in [6.45, 7) is 5.71. The molecule has 7 heteroatoms. The topological polar surface area (TPSA) is 41.7 Å². The van der Waals surface area contributed by atoms with Crippen molar-refractivity contribution in [2.45, 2.75) is 13.1 Å². The Balaban J connectivity index is 2.10. The number of piperazine rings is 1. The van der Waals surface area contributed by atoms with Crippen molar-refractivity contribution in [1.29, 1.82) is 0 Å². The van der Waals surface area contributed by atoms with E-state index >= 15 is 0 Å². The van der Waals surface area contributed by atoms with Crippen LogP contribution in [0.3, 0.4) is 0 Å². The Bertz CT molecular complexity index is 457. The molecule has 1 aromatic rings. The summed E-state index contributed by atoms with van der Waals surface area (Å²) in [5.74, 6) is -0.198. The second-order valence-electron chi connectivity index (χ2n) is 4.71. The molecule has 2 N–H and O–H groups in total. The zero-order valence-corrected chi connectivity index (χ0v) is 11.3. The zero-order valence-electron chi connectivity index (χ0n) is 11.3. The van der Waals surface area contributed by atoms with Crippen LogP contribution >= 0.6 is 0 Å². The first kappa shape index (κ1) is 14.9. The van der Waals surface area contributed by atoms with Crippen molar-refractivity contribution >= 4 is 5.69 Å². The van der Waals surface area contributed by atoms with Gasteiger partial charge in [0.15, 0.2) is 5.75 Å². The van der Waals surface area contributed by atoms with E-state index in [-0.39, 0.29) is 11.4 Å². The van der Waals surface area contributed by atoms with Crippen LogP contribution < -0.4 is 10.6 Å². The maximum absolute atomic E-state index is 12.9. The molecule has 1 heterocycles. The van der Waals surface area contributed by atoms with Gasteiger partial charge in [0.25, 0.3) is 0 Å². The summed E-state index contributed by atoms with van der Waals surface area (Å²) >= 11 is 0. The molecule has 0 spiro atoms. The van der Waals surface area contributed by atoms with E-state index in [9.17, 15) is 13.2 Å². The Hall–Kier alpha value is -1.47. The molecule has 112 valence electrons. The minimum atomic E-state index is -4.48. The minimum Gasteiger partial charge on any atom is -0.405 e. The first-order valence-corrected chi connectivity index (χ1v) is 6.52. The van der Waals surface area contributed by atoms with Crippen LogP contribution in [0.5, 0.6) is 5.75 Å². The molecule has 4 nitrogen and oxygen atoms in total. The highest BCUT2D eigenvalue weighted by atomic mass is 19.4. The number of rotatable bonds is 3. The number of nitrogens with two attached hydrogens (primary N) is 1. The van der Waals surface area contributed by atoms with Gasteiger partial charge in [0.1, 0.15) is 5.56 Å². The highest BCUT2D eigenvalue weighted by Gasteiger charge is 2.35. The molecule has 1 fully saturated rings. The predicted octanol–water partition coefficient (Wildman–Crippen LogP) is 2.22. The molecule has 1 aliphatic heterocycles. The lowest BCUT2D eigenvalue weighted by Crippen LogP contribution is -2.47. The maximum Gasteiger partial charge on any atom is 0.420 e. The first-order chi connectivity index (χ1) is 9.40. The average molecular weight is 289 g/mol. The lowest BCUT2D eigenvalue weighted by molar-refractivity contribution is -0.145. The molecule has 20 heavy (non-hydrogen) atoms. The first-order valence-electron chi connectivity index (χ1n) is 6.52. The number of halogens is 3. The van der Waals surface area contributed by atoms with E-state index in [2.05, 4.69) is 11.8 Å². The van der Waals surface area contributed by atoms with E-state index in [0.717, 1.165) is 25.7 Å². The monoisotopic (exact) mass is 289 g/mol. The molecule has 1 aliphatic rings. The zero-order chi connectivity index (χ0) is 14.8. The highest BCUT2D eigenvalue weighted by molar-refractivity contribution is 5.49. The van der Waals surface area contributed by atoms with Crippen molar-refractivity contribution in [3.8, 4) is 5.75 Å². The van der Waals surface area contributed by atoms with E-state index in [1.165, 1.54) is 12.1 Å². The molecule has 0 aromatic heterocycles. The number of nitrogen functional groups attached to an aromatic ring is 1. The van der Waals surface area contributed by atoms with Crippen LogP contribution in [0.25, 0.3) is 0 Å². The van der Waals surface area contributed by atoms with Crippen LogP contribution in [0.1, 0.15) is 12.5 Å². The minimum absolute atomic E-state index is 0.0699. The number of hydrogen-bond donors (Lipinski definition) is 1. The fourth-order valence-corrected chi connectivity index (χ4v) is 2.12. The molecule has 0 aliphatic carbocycles. The Kier molecular flexibility index (Phi) is 4.39. The van der Waals surface area contributed by atoms with Crippen molar-refractivity contribution in [3.05, 3.63) is 23.8 Å². The van der Waals surface area contributed by atoms with Gasteiger partial charge < -0.3 is 15.5 Å². The molecule has 0 atom stereocenters. The van der Waals surface area contributed by atoms with Gasteiger partial charge in [-0.3, -0.25) is 0 Å². The van der Waals surface area contributed by atoms with Crippen molar-refractivity contribution < 1.29 is 18.0 Å². The van der Waals surface area contributed by atoms with Crippen LogP contribution in [-0.4, -0.2) is 42.7 Å². The van der Waals surface area contributed by atoms with Crippen LogP contribution in [0.2, 0.25) is 0 Å². The number of hydrogen-bond acceptors (Lipinski definition) is 4. The molecular formula is C13H18F3N3O. The van der Waals surface area contributed by atoms with Gasteiger partial charge in [-0.05, 0) is 24.7 Å². The van der Waals surface area contributed by atoms with Crippen molar-refractivity contribution in [3.63, 3.8) is 0 Å². The predicted molar refractivity (Wildman–Crippen MR) is 70.2 cm³/mol. The fourth-order valence-electron chi connectivity index (χ4n) is 2.12. The standard InChI is InChI=1S/C13H18F3N3O/c1-2-18-5-7-19(8-6-18)20-12-4-3-10(17)9-11(12)13(14,15)16/h3-4,9H,2,5-8,17H2,1H3. The molecule has 0 amide bonds. The summed E-state index contributed by atoms with van der Waals surface area (Å²) in [5, 5.41) is 1.56.